The van der Waals surface area contributed by atoms with Gasteiger partial charge in [-0.2, -0.15) is 0 Å². The third-order valence-electron chi connectivity index (χ3n) is 4.26. The molecule has 1 aliphatic heterocycles. The van der Waals surface area contributed by atoms with Gasteiger partial charge >= 0.3 is 0 Å². The maximum atomic E-state index is 12.3. The van der Waals surface area contributed by atoms with Gasteiger partial charge in [0.1, 0.15) is 11.5 Å². The number of nitrogens with two attached hydrogens (primary N) is 1. The molecule has 1 aromatic rings. The van der Waals surface area contributed by atoms with Gasteiger partial charge in [-0.1, -0.05) is 0 Å². The van der Waals surface area contributed by atoms with E-state index in [2.05, 4.69) is 11.8 Å². The lowest BCUT2D eigenvalue weighted by Gasteiger charge is -2.34. The van der Waals surface area contributed by atoms with Crippen LogP contribution in [0.1, 0.15) is 31.3 Å². The number of amides is 1. The number of carbonyl (C=O) groups is 1. The molecule has 0 bridgehead atoms. The lowest BCUT2D eigenvalue weighted by Crippen LogP contribution is -2.46. The summed E-state index contributed by atoms with van der Waals surface area (Å²) in [6.45, 7) is 6.88. The number of hydrogen-bond acceptors (Lipinski definition) is 4. The van der Waals surface area contributed by atoms with Gasteiger partial charge in [-0.25, -0.2) is 0 Å². The summed E-state index contributed by atoms with van der Waals surface area (Å²) in [5.41, 5.74) is 5.99. The molecular formula is C16H27N3O2. The van der Waals surface area contributed by atoms with E-state index in [0.717, 1.165) is 31.0 Å². The van der Waals surface area contributed by atoms with E-state index in [-0.39, 0.29) is 11.9 Å². The first-order valence-corrected chi connectivity index (χ1v) is 7.73. The molecule has 0 aromatic carbocycles. The zero-order valence-corrected chi connectivity index (χ0v) is 13.3. The lowest BCUT2D eigenvalue weighted by molar-refractivity contribution is -0.132. The third-order valence-corrected chi connectivity index (χ3v) is 4.26. The molecule has 5 heteroatoms. The van der Waals surface area contributed by atoms with Crippen LogP contribution < -0.4 is 5.73 Å². The van der Waals surface area contributed by atoms with Gasteiger partial charge < -0.3 is 15.1 Å². The maximum absolute atomic E-state index is 12.3. The van der Waals surface area contributed by atoms with Gasteiger partial charge in [0.25, 0.3) is 0 Å². The molecular weight excluding hydrogens is 266 g/mol. The van der Waals surface area contributed by atoms with E-state index in [1.54, 1.807) is 4.90 Å². The second-order valence-electron chi connectivity index (χ2n) is 6.26. The summed E-state index contributed by atoms with van der Waals surface area (Å²) >= 11 is 0. The average Bonchev–Trinajstić information content (AvgIpc) is 2.84. The number of aryl methyl sites for hydroxylation is 1. The first kappa shape index (κ1) is 16.0. The van der Waals surface area contributed by atoms with Crippen molar-refractivity contribution in [2.24, 2.45) is 11.7 Å². The molecule has 1 saturated heterocycles. The third kappa shape index (κ3) is 4.58. The van der Waals surface area contributed by atoms with Crippen molar-refractivity contribution in [1.82, 2.24) is 9.80 Å². The molecule has 1 aliphatic rings. The van der Waals surface area contributed by atoms with Crippen LogP contribution in [0.3, 0.4) is 0 Å². The largest absolute Gasteiger partial charge is 0.464 e. The minimum atomic E-state index is 0.134. The molecule has 0 saturated carbocycles. The zero-order chi connectivity index (χ0) is 15.4. The Bertz CT molecular complexity index is 470. The van der Waals surface area contributed by atoms with E-state index in [9.17, 15) is 4.79 Å². The molecule has 0 aliphatic carbocycles. The number of rotatable bonds is 5. The fourth-order valence-corrected chi connectivity index (χ4v) is 2.87. The van der Waals surface area contributed by atoms with Crippen molar-refractivity contribution in [3.63, 3.8) is 0 Å². The Morgan fingerprint density at radius 3 is 2.95 bits per heavy atom. The van der Waals surface area contributed by atoms with Crippen LogP contribution in [0.25, 0.3) is 0 Å². The Morgan fingerprint density at radius 2 is 2.33 bits per heavy atom. The molecule has 2 rings (SSSR count). The molecule has 2 N–H and O–H groups in total. The van der Waals surface area contributed by atoms with Crippen molar-refractivity contribution in [1.29, 1.82) is 0 Å². The zero-order valence-electron chi connectivity index (χ0n) is 13.3. The normalized spacial score (nSPS) is 21.2. The first-order chi connectivity index (χ1) is 9.95. The summed E-state index contributed by atoms with van der Waals surface area (Å²) in [4.78, 5) is 16.3. The van der Waals surface area contributed by atoms with Crippen molar-refractivity contribution < 1.29 is 9.21 Å². The lowest BCUT2D eigenvalue weighted by atomic mass is 9.92. The summed E-state index contributed by atoms with van der Waals surface area (Å²) < 4.78 is 5.52. The second-order valence-corrected chi connectivity index (χ2v) is 6.26. The molecule has 5 nitrogen and oxygen atoms in total. The highest BCUT2D eigenvalue weighted by molar-refractivity contribution is 5.77. The van der Waals surface area contributed by atoms with Gasteiger partial charge in [0, 0.05) is 19.6 Å². The second kappa shape index (κ2) is 7.09. The van der Waals surface area contributed by atoms with Gasteiger partial charge in [0.2, 0.25) is 5.91 Å². The average molecular weight is 293 g/mol. The van der Waals surface area contributed by atoms with Gasteiger partial charge in [0.15, 0.2) is 0 Å². The van der Waals surface area contributed by atoms with Crippen LogP contribution in [0, 0.1) is 12.8 Å². The highest BCUT2D eigenvalue weighted by Gasteiger charge is 2.24. The van der Waals surface area contributed by atoms with Crippen molar-refractivity contribution >= 4 is 5.91 Å². The molecule has 2 heterocycles. The monoisotopic (exact) mass is 293 g/mol. The van der Waals surface area contributed by atoms with Crippen LogP contribution >= 0.6 is 0 Å². The van der Waals surface area contributed by atoms with Gasteiger partial charge in [-0.15, -0.1) is 0 Å². The smallest absolute Gasteiger partial charge is 0.236 e. The molecule has 21 heavy (non-hydrogen) atoms. The number of nitrogens with zero attached hydrogens (tertiary/aromatic N) is 2. The molecule has 0 radical (unpaired) electrons. The van der Waals surface area contributed by atoms with Crippen LogP contribution in [-0.2, 0) is 11.3 Å². The summed E-state index contributed by atoms with van der Waals surface area (Å²) in [5, 5.41) is 0. The summed E-state index contributed by atoms with van der Waals surface area (Å²) in [5.74, 6) is 2.34. The van der Waals surface area contributed by atoms with E-state index in [1.807, 2.05) is 26.1 Å². The first-order valence-electron chi connectivity index (χ1n) is 7.73. The molecule has 2 atom stereocenters. The van der Waals surface area contributed by atoms with Crippen molar-refractivity contribution in [2.75, 3.05) is 26.7 Å². The Labute approximate surface area is 127 Å². The topological polar surface area (TPSA) is 62.7 Å². The fraction of sp³-hybridized carbons (Fsp3) is 0.688. The van der Waals surface area contributed by atoms with E-state index in [0.29, 0.717) is 19.0 Å². The summed E-state index contributed by atoms with van der Waals surface area (Å²) in [6, 6.07) is 4.05. The predicted molar refractivity (Wildman–Crippen MR) is 82.7 cm³/mol. The fourth-order valence-electron chi connectivity index (χ4n) is 2.87. The number of likely N-dealkylation sites (N-methyl/N-ethyl adjacent to an activating group) is 1. The predicted octanol–water partition coefficient (Wildman–Crippen LogP) is 1.61. The van der Waals surface area contributed by atoms with E-state index < -0.39 is 0 Å². The molecule has 1 fully saturated rings. The minimum absolute atomic E-state index is 0.134. The number of carbonyl (C=O) groups excluding carboxylic acids is 1. The quantitative estimate of drug-likeness (QED) is 0.896. The Balaban J connectivity index is 1.82. The Hall–Kier alpha value is -1.33. The van der Waals surface area contributed by atoms with E-state index in [1.165, 1.54) is 6.42 Å². The standard InChI is InChI=1S/C16H27N3O2/c1-12-6-7-15(21-12)10-18(3)16(20)11-19-8-4-5-14(9-19)13(2)17/h6-7,13-14H,4-5,8-11,17H2,1-3H3. The highest BCUT2D eigenvalue weighted by atomic mass is 16.3. The SMILES string of the molecule is Cc1ccc(CN(C)C(=O)CN2CCCC(C(C)N)C2)o1. The van der Waals surface area contributed by atoms with Crippen LogP contribution in [-0.4, -0.2) is 48.4 Å². The van der Waals surface area contributed by atoms with Crippen LogP contribution in [0.15, 0.2) is 16.5 Å². The number of piperidine rings is 1. The maximum Gasteiger partial charge on any atom is 0.236 e. The summed E-state index contributed by atoms with van der Waals surface area (Å²) in [6.07, 6.45) is 2.30. The van der Waals surface area contributed by atoms with Crippen molar-refractivity contribution in [3.8, 4) is 0 Å². The van der Waals surface area contributed by atoms with Crippen LogP contribution in [0.4, 0.5) is 0 Å². The number of likely N-dealkylation sites (tertiary alicyclic amines) is 1. The Kier molecular flexibility index (Phi) is 5.42. The highest BCUT2D eigenvalue weighted by Crippen LogP contribution is 2.18. The minimum Gasteiger partial charge on any atom is -0.464 e. The van der Waals surface area contributed by atoms with E-state index >= 15 is 0 Å². The molecule has 2 unspecified atom stereocenters. The van der Waals surface area contributed by atoms with Crippen molar-refractivity contribution in [3.05, 3.63) is 23.7 Å². The molecule has 118 valence electrons. The van der Waals surface area contributed by atoms with Crippen LogP contribution in [0.5, 0.6) is 0 Å². The van der Waals surface area contributed by atoms with E-state index in [4.69, 9.17) is 10.2 Å². The van der Waals surface area contributed by atoms with Gasteiger partial charge in [-0.05, 0) is 51.3 Å². The molecule has 0 spiro atoms. The number of hydrogen-bond donors (Lipinski definition) is 1. The van der Waals surface area contributed by atoms with Crippen molar-refractivity contribution in [2.45, 2.75) is 39.3 Å². The van der Waals surface area contributed by atoms with Crippen LogP contribution in [0.2, 0.25) is 0 Å². The molecule has 1 amide bonds. The Morgan fingerprint density at radius 1 is 1.57 bits per heavy atom. The molecule has 1 aromatic heterocycles. The van der Waals surface area contributed by atoms with Gasteiger partial charge in [0.05, 0.1) is 13.1 Å². The summed E-state index contributed by atoms with van der Waals surface area (Å²) in [7, 11) is 1.83. The van der Waals surface area contributed by atoms with Gasteiger partial charge in [-0.3, -0.25) is 9.69 Å². The number of furan rings is 1.